The van der Waals surface area contributed by atoms with Crippen molar-refractivity contribution in [3.63, 3.8) is 0 Å². The second-order valence-corrected chi connectivity index (χ2v) is 5.13. The monoisotopic (exact) mass is 251 g/mol. The van der Waals surface area contributed by atoms with Crippen LogP contribution < -0.4 is 10.1 Å². The first-order valence-electron chi connectivity index (χ1n) is 6.89. The van der Waals surface area contributed by atoms with Crippen LogP contribution in [0.25, 0.3) is 0 Å². The summed E-state index contributed by atoms with van der Waals surface area (Å²) in [5, 5.41) is 3.55. The van der Waals surface area contributed by atoms with E-state index in [0.29, 0.717) is 6.04 Å². The van der Waals surface area contributed by atoms with E-state index in [4.69, 9.17) is 4.74 Å². The molecule has 0 aliphatic heterocycles. The van der Waals surface area contributed by atoms with Crippen LogP contribution in [-0.4, -0.2) is 18.7 Å². The zero-order valence-electron chi connectivity index (χ0n) is 11.0. The van der Waals surface area contributed by atoms with Crippen LogP contribution in [0.3, 0.4) is 0 Å². The molecule has 1 unspecified atom stereocenters. The van der Waals surface area contributed by atoms with Crippen molar-refractivity contribution in [2.24, 2.45) is 0 Å². The van der Waals surface area contributed by atoms with Gasteiger partial charge in [-0.1, -0.05) is 19.3 Å². The summed E-state index contributed by atoms with van der Waals surface area (Å²) in [6.45, 7) is 2.89. The van der Waals surface area contributed by atoms with Gasteiger partial charge in [0.2, 0.25) is 0 Å². The van der Waals surface area contributed by atoms with Crippen molar-refractivity contribution < 1.29 is 9.13 Å². The zero-order chi connectivity index (χ0) is 12.8. The van der Waals surface area contributed by atoms with Gasteiger partial charge in [-0.2, -0.15) is 0 Å². The van der Waals surface area contributed by atoms with Gasteiger partial charge in [-0.3, -0.25) is 0 Å². The van der Waals surface area contributed by atoms with Crippen LogP contribution in [0.1, 0.15) is 39.0 Å². The second-order valence-electron chi connectivity index (χ2n) is 5.13. The second kappa shape index (κ2) is 6.74. The van der Waals surface area contributed by atoms with E-state index >= 15 is 0 Å². The van der Waals surface area contributed by atoms with Gasteiger partial charge in [-0.15, -0.1) is 0 Å². The Morgan fingerprint density at radius 2 is 1.89 bits per heavy atom. The SMILES string of the molecule is CC(CNC1CCCCC1)Oc1ccc(F)cc1. The first-order chi connectivity index (χ1) is 8.74. The Morgan fingerprint density at radius 3 is 2.56 bits per heavy atom. The molecule has 0 aromatic heterocycles. The predicted molar refractivity (Wildman–Crippen MR) is 71.4 cm³/mol. The van der Waals surface area contributed by atoms with E-state index in [9.17, 15) is 4.39 Å². The van der Waals surface area contributed by atoms with Gasteiger partial charge in [0.25, 0.3) is 0 Å². The fourth-order valence-electron chi connectivity index (χ4n) is 2.43. The molecule has 100 valence electrons. The molecule has 0 amide bonds. The van der Waals surface area contributed by atoms with Crippen molar-refractivity contribution >= 4 is 0 Å². The van der Waals surface area contributed by atoms with Crippen LogP contribution in [0.5, 0.6) is 5.75 Å². The lowest BCUT2D eigenvalue weighted by atomic mass is 9.95. The molecule has 1 N–H and O–H groups in total. The Balaban J connectivity index is 1.71. The van der Waals surface area contributed by atoms with Crippen LogP contribution in [0.2, 0.25) is 0 Å². The lowest BCUT2D eigenvalue weighted by molar-refractivity contribution is 0.205. The summed E-state index contributed by atoms with van der Waals surface area (Å²) in [4.78, 5) is 0. The van der Waals surface area contributed by atoms with Gasteiger partial charge in [0.05, 0.1) is 0 Å². The minimum atomic E-state index is -0.227. The highest BCUT2D eigenvalue weighted by molar-refractivity contribution is 5.22. The fraction of sp³-hybridized carbons (Fsp3) is 0.600. The number of nitrogens with one attached hydrogen (secondary N) is 1. The molecule has 2 rings (SSSR count). The molecule has 0 bridgehead atoms. The third-order valence-corrected chi connectivity index (χ3v) is 3.45. The molecule has 2 nitrogen and oxygen atoms in total. The van der Waals surface area contributed by atoms with E-state index in [0.717, 1.165) is 12.3 Å². The Hall–Kier alpha value is -1.09. The van der Waals surface area contributed by atoms with Crippen LogP contribution in [-0.2, 0) is 0 Å². The van der Waals surface area contributed by atoms with Crippen molar-refractivity contribution in [1.29, 1.82) is 0 Å². The molecular formula is C15H22FNO. The molecule has 3 heteroatoms. The molecule has 1 fully saturated rings. The van der Waals surface area contributed by atoms with Gasteiger partial charge in [-0.25, -0.2) is 4.39 Å². The average Bonchev–Trinajstić information content (AvgIpc) is 2.40. The maximum absolute atomic E-state index is 12.7. The van der Waals surface area contributed by atoms with Gasteiger partial charge in [0.1, 0.15) is 17.7 Å². The highest BCUT2D eigenvalue weighted by atomic mass is 19.1. The molecule has 1 aliphatic rings. The summed E-state index contributed by atoms with van der Waals surface area (Å²) in [5.41, 5.74) is 0. The normalized spacial score (nSPS) is 18.6. The largest absolute Gasteiger partial charge is 0.489 e. The van der Waals surface area contributed by atoms with Gasteiger partial charge in [0.15, 0.2) is 0 Å². The summed E-state index contributed by atoms with van der Waals surface area (Å²) >= 11 is 0. The Kier molecular flexibility index (Phi) is 5.00. The standard InChI is InChI=1S/C15H22FNO/c1-12(11-17-14-5-3-2-4-6-14)18-15-9-7-13(16)8-10-15/h7-10,12,14,17H,2-6,11H2,1H3. The zero-order valence-corrected chi connectivity index (χ0v) is 11.0. The molecule has 1 aromatic carbocycles. The van der Waals surface area contributed by atoms with E-state index in [-0.39, 0.29) is 11.9 Å². The number of rotatable bonds is 5. The number of hydrogen-bond donors (Lipinski definition) is 1. The Bertz CT molecular complexity index is 346. The number of ether oxygens (including phenoxy) is 1. The van der Waals surface area contributed by atoms with Crippen LogP contribution in [0, 0.1) is 5.82 Å². The molecule has 0 spiro atoms. The molecule has 18 heavy (non-hydrogen) atoms. The molecule has 1 saturated carbocycles. The van der Waals surface area contributed by atoms with Crippen molar-refractivity contribution in [3.8, 4) is 5.75 Å². The third-order valence-electron chi connectivity index (χ3n) is 3.45. The van der Waals surface area contributed by atoms with Crippen LogP contribution >= 0.6 is 0 Å². The molecule has 0 saturated heterocycles. The van der Waals surface area contributed by atoms with Crippen molar-refractivity contribution in [3.05, 3.63) is 30.1 Å². The minimum Gasteiger partial charge on any atom is -0.489 e. The average molecular weight is 251 g/mol. The summed E-state index contributed by atoms with van der Waals surface area (Å²) in [7, 11) is 0. The smallest absolute Gasteiger partial charge is 0.123 e. The molecule has 0 radical (unpaired) electrons. The Morgan fingerprint density at radius 1 is 1.22 bits per heavy atom. The van der Waals surface area contributed by atoms with Crippen LogP contribution in [0.4, 0.5) is 4.39 Å². The number of halogens is 1. The van der Waals surface area contributed by atoms with Gasteiger partial charge < -0.3 is 10.1 Å². The van der Waals surface area contributed by atoms with Gasteiger partial charge in [-0.05, 0) is 44.0 Å². The van der Waals surface area contributed by atoms with Crippen molar-refractivity contribution in [2.45, 2.75) is 51.2 Å². The quantitative estimate of drug-likeness (QED) is 0.864. The molecular weight excluding hydrogens is 229 g/mol. The fourth-order valence-corrected chi connectivity index (χ4v) is 2.43. The lowest BCUT2D eigenvalue weighted by Crippen LogP contribution is -2.37. The highest BCUT2D eigenvalue weighted by Gasteiger charge is 2.14. The number of benzene rings is 1. The van der Waals surface area contributed by atoms with E-state index in [1.54, 1.807) is 12.1 Å². The Labute approximate surface area is 109 Å². The highest BCUT2D eigenvalue weighted by Crippen LogP contribution is 2.17. The van der Waals surface area contributed by atoms with Crippen LogP contribution in [0.15, 0.2) is 24.3 Å². The molecule has 1 aromatic rings. The summed E-state index contributed by atoms with van der Waals surface area (Å²) in [6.07, 6.45) is 6.72. The predicted octanol–water partition coefficient (Wildman–Crippen LogP) is 3.52. The lowest BCUT2D eigenvalue weighted by Gasteiger charge is -2.25. The van der Waals surface area contributed by atoms with Crippen molar-refractivity contribution in [2.75, 3.05) is 6.54 Å². The number of hydrogen-bond acceptors (Lipinski definition) is 2. The summed E-state index contributed by atoms with van der Waals surface area (Å²) in [5.74, 6) is 0.504. The first kappa shape index (κ1) is 13.3. The van der Waals surface area contributed by atoms with Crippen molar-refractivity contribution in [1.82, 2.24) is 5.32 Å². The van der Waals surface area contributed by atoms with Gasteiger partial charge in [0, 0.05) is 12.6 Å². The molecule has 1 atom stereocenters. The molecule has 1 aliphatic carbocycles. The minimum absolute atomic E-state index is 0.109. The van der Waals surface area contributed by atoms with Gasteiger partial charge >= 0.3 is 0 Å². The topological polar surface area (TPSA) is 21.3 Å². The summed E-state index contributed by atoms with van der Waals surface area (Å²) in [6, 6.07) is 6.85. The first-order valence-corrected chi connectivity index (χ1v) is 6.89. The maximum atomic E-state index is 12.7. The maximum Gasteiger partial charge on any atom is 0.123 e. The van der Waals surface area contributed by atoms with E-state index in [1.165, 1.54) is 44.2 Å². The van der Waals surface area contributed by atoms with E-state index in [2.05, 4.69) is 5.32 Å². The van der Waals surface area contributed by atoms with E-state index in [1.807, 2.05) is 6.92 Å². The van der Waals surface area contributed by atoms with E-state index < -0.39 is 0 Å². The summed E-state index contributed by atoms with van der Waals surface area (Å²) < 4.78 is 18.5. The molecule has 0 heterocycles. The third kappa shape index (κ3) is 4.30.